The summed E-state index contributed by atoms with van der Waals surface area (Å²) in [6, 6.07) is 6.55. The van der Waals surface area contributed by atoms with Crippen LogP contribution in [0.2, 0.25) is 0 Å². The molecule has 0 radical (unpaired) electrons. The Morgan fingerprint density at radius 3 is 2.56 bits per heavy atom. The number of hydrogen-bond donors (Lipinski definition) is 0. The molecule has 0 atom stereocenters. The molecule has 0 saturated carbocycles. The molecule has 0 spiro atoms. The highest BCUT2D eigenvalue weighted by molar-refractivity contribution is 5.54. The van der Waals surface area contributed by atoms with E-state index in [9.17, 15) is 4.39 Å². The number of rotatable bonds is 5. The second-order valence-electron chi connectivity index (χ2n) is 7.99. The molecule has 2 heterocycles. The Hall–Kier alpha value is -2.37. The van der Waals surface area contributed by atoms with Crippen LogP contribution in [0.4, 0.5) is 10.1 Å². The maximum absolute atomic E-state index is 13.7. The first-order chi connectivity index (χ1) is 12.8. The highest BCUT2D eigenvalue weighted by Gasteiger charge is 2.25. The quantitative estimate of drug-likeness (QED) is 0.778. The van der Waals surface area contributed by atoms with Crippen molar-refractivity contribution in [3.05, 3.63) is 42.1 Å². The number of ether oxygens (including phenoxy) is 2. The van der Waals surface area contributed by atoms with Gasteiger partial charge in [0.2, 0.25) is 5.88 Å². The lowest BCUT2D eigenvalue weighted by Crippen LogP contribution is -2.36. The van der Waals surface area contributed by atoms with Crippen LogP contribution in [-0.2, 0) is 0 Å². The predicted octanol–water partition coefficient (Wildman–Crippen LogP) is 4.40. The molecule has 0 aliphatic carbocycles. The van der Waals surface area contributed by atoms with Gasteiger partial charge in [-0.05, 0) is 58.6 Å². The number of benzene rings is 1. The number of hydrogen-bond acceptors (Lipinski definition) is 5. The summed E-state index contributed by atoms with van der Waals surface area (Å²) in [6.07, 6.45) is 3.79. The van der Waals surface area contributed by atoms with Crippen molar-refractivity contribution in [3.63, 3.8) is 0 Å². The van der Waals surface area contributed by atoms with Crippen molar-refractivity contribution in [2.24, 2.45) is 5.92 Å². The van der Waals surface area contributed by atoms with E-state index in [2.05, 4.69) is 14.9 Å². The molecule has 1 fully saturated rings. The van der Waals surface area contributed by atoms with Gasteiger partial charge in [-0.3, -0.25) is 0 Å². The van der Waals surface area contributed by atoms with Gasteiger partial charge < -0.3 is 14.4 Å². The highest BCUT2D eigenvalue weighted by atomic mass is 19.1. The van der Waals surface area contributed by atoms with Gasteiger partial charge in [0.15, 0.2) is 11.6 Å². The fraction of sp³-hybridized carbons (Fsp3) is 0.524. The Labute approximate surface area is 160 Å². The van der Waals surface area contributed by atoms with Crippen LogP contribution < -0.4 is 14.4 Å². The molecule has 0 bridgehead atoms. The van der Waals surface area contributed by atoms with Gasteiger partial charge in [-0.15, -0.1) is 0 Å². The van der Waals surface area contributed by atoms with Gasteiger partial charge in [-0.1, -0.05) is 12.1 Å². The van der Waals surface area contributed by atoms with E-state index in [0.717, 1.165) is 31.6 Å². The smallest absolute Gasteiger partial charge is 0.241 e. The Balaban J connectivity index is 1.60. The molecular weight excluding hydrogens is 345 g/mol. The average molecular weight is 373 g/mol. The molecule has 0 N–H and O–H groups in total. The van der Waals surface area contributed by atoms with E-state index >= 15 is 0 Å². The normalized spacial score (nSPS) is 15.7. The summed E-state index contributed by atoms with van der Waals surface area (Å²) >= 11 is 0. The first-order valence-corrected chi connectivity index (χ1v) is 9.47. The van der Waals surface area contributed by atoms with Crippen molar-refractivity contribution in [1.82, 2.24) is 9.97 Å². The fourth-order valence-corrected chi connectivity index (χ4v) is 3.13. The van der Waals surface area contributed by atoms with Gasteiger partial charge in [0.25, 0.3) is 0 Å². The summed E-state index contributed by atoms with van der Waals surface area (Å²) in [5.74, 6) is 1.75. The molecule has 1 saturated heterocycles. The first kappa shape index (κ1) is 19.4. The molecule has 6 heteroatoms. The molecule has 146 valence electrons. The highest BCUT2D eigenvalue weighted by Crippen LogP contribution is 2.32. The monoisotopic (exact) mass is 373 g/mol. The van der Waals surface area contributed by atoms with Gasteiger partial charge >= 0.3 is 0 Å². The van der Waals surface area contributed by atoms with Gasteiger partial charge in [-0.2, -0.15) is 4.98 Å². The number of halogens is 1. The van der Waals surface area contributed by atoms with Crippen LogP contribution in [0.3, 0.4) is 0 Å². The number of para-hydroxylation sites is 1. The summed E-state index contributed by atoms with van der Waals surface area (Å²) in [5.41, 5.74) is 0.616. The first-order valence-electron chi connectivity index (χ1n) is 9.47. The standard InChI is InChI=1S/C21H28FN3O2/c1-15-23-13-18(20(24-15)27-21(2,3)4)25-11-9-16(10-12-25)14-26-19-8-6-5-7-17(19)22/h5-8,13,16H,9-12,14H2,1-4H3. The van der Waals surface area contributed by atoms with E-state index in [1.807, 2.05) is 33.9 Å². The van der Waals surface area contributed by atoms with E-state index in [1.54, 1.807) is 18.2 Å². The van der Waals surface area contributed by atoms with Crippen molar-refractivity contribution in [3.8, 4) is 11.6 Å². The third-order valence-electron chi connectivity index (χ3n) is 4.53. The lowest BCUT2D eigenvalue weighted by molar-refractivity contribution is 0.124. The number of piperidine rings is 1. The zero-order valence-electron chi connectivity index (χ0n) is 16.5. The van der Waals surface area contributed by atoms with Crippen LogP contribution in [0.5, 0.6) is 11.6 Å². The van der Waals surface area contributed by atoms with Crippen LogP contribution >= 0.6 is 0 Å². The summed E-state index contributed by atoms with van der Waals surface area (Å²) < 4.78 is 25.4. The lowest BCUT2D eigenvalue weighted by Gasteiger charge is -2.34. The number of aryl methyl sites for hydroxylation is 1. The average Bonchev–Trinajstić information content (AvgIpc) is 2.60. The minimum absolute atomic E-state index is 0.310. The summed E-state index contributed by atoms with van der Waals surface area (Å²) in [7, 11) is 0. The van der Waals surface area contributed by atoms with Gasteiger partial charge in [0.05, 0.1) is 12.8 Å². The van der Waals surface area contributed by atoms with E-state index < -0.39 is 0 Å². The predicted molar refractivity (Wildman–Crippen MR) is 104 cm³/mol. The van der Waals surface area contributed by atoms with E-state index in [4.69, 9.17) is 9.47 Å². The largest absolute Gasteiger partial charge is 0.490 e. The van der Waals surface area contributed by atoms with Gasteiger partial charge in [0.1, 0.15) is 17.1 Å². The lowest BCUT2D eigenvalue weighted by atomic mass is 9.97. The SMILES string of the molecule is Cc1ncc(N2CCC(COc3ccccc3F)CC2)c(OC(C)(C)C)n1. The van der Waals surface area contributed by atoms with Crippen LogP contribution in [0.1, 0.15) is 39.4 Å². The third kappa shape index (κ3) is 5.31. The molecule has 1 aliphatic heterocycles. The van der Waals surface area contributed by atoms with E-state index in [-0.39, 0.29) is 11.4 Å². The van der Waals surface area contributed by atoms with Gasteiger partial charge in [0, 0.05) is 13.1 Å². The number of anilines is 1. The van der Waals surface area contributed by atoms with Crippen LogP contribution in [0, 0.1) is 18.7 Å². The van der Waals surface area contributed by atoms with Crippen molar-refractivity contribution < 1.29 is 13.9 Å². The van der Waals surface area contributed by atoms with E-state index in [1.165, 1.54) is 6.07 Å². The molecule has 1 aromatic heterocycles. The Morgan fingerprint density at radius 2 is 1.89 bits per heavy atom. The van der Waals surface area contributed by atoms with Crippen LogP contribution in [-0.4, -0.2) is 35.3 Å². The van der Waals surface area contributed by atoms with Crippen LogP contribution in [0.15, 0.2) is 30.5 Å². The summed E-state index contributed by atoms with van der Waals surface area (Å²) in [5, 5.41) is 0. The fourth-order valence-electron chi connectivity index (χ4n) is 3.13. The molecule has 0 unspecified atom stereocenters. The molecule has 5 nitrogen and oxygen atoms in total. The van der Waals surface area contributed by atoms with Crippen molar-refractivity contribution in [2.75, 3.05) is 24.6 Å². The van der Waals surface area contributed by atoms with Gasteiger partial charge in [-0.25, -0.2) is 9.37 Å². The Bertz CT molecular complexity index is 768. The molecule has 3 rings (SSSR count). The van der Waals surface area contributed by atoms with Crippen LogP contribution in [0.25, 0.3) is 0 Å². The second kappa shape index (κ2) is 8.11. The molecule has 2 aromatic rings. The minimum Gasteiger partial charge on any atom is -0.490 e. The molecule has 1 aromatic carbocycles. The summed E-state index contributed by atoms with van der Waals surface area (Å²) in [4.78, 5) is 11.1. The maximum atomic E-state index is 13.7. The molecule has 27 heavy (non-hydrogen) atoms. The molecule has 0 amide bonds. The zero-order valence-corrected chi connectivity index (χ0v) is 16.5. The van der Waals surface area contributed by atoms with Crippen molar-refractivity contribution in [2.45, 2.75) is 46.1 Å². The Kier molecular flexibility index (Phi) is 5.82. The number of aromatic nitrogens is 2. The Morgan fingerprint density at radius 1 is 1.19 bits per heavy atom. The second-order valence-corrected chi connectivity index (χ2v) is 7.99. The molecular formula is C21H28FN3O2. The van der Waals surface area contributed by atoms with E-state index in [0.29, 0.717) is 30.0 Å². The number of nitrogens with zero attached hydrogens (tertiary/aromatic N) is 3. The van der Waals surface area contributed by atoms with Crippen molar-refractivity contribution >= 4 is 5.69 Å². The van der Waals surface area contributed by atoms with Crippen molar-refractivity contribution in [1.29, 1.82) is 0 Å². The topological polar surface area (TPSA) is 47.5 Å². The minimum atomic E-state index is -0.318. The molecule has 1 aliphatic rings. The maximum Gasteiger partial charge on any atom is 0.241 e. The summed E-state index contributed by atoms with van der Waals surface area (Å²) in [6.45, 7) is 10.2. The zero-order chi connectivity index (χ0) is 19.4. The third-order valence-corrected chi connectivity index (χ3v) is 4.53.